The summed E-state index contributed by atoms with van der Waals surface area (Å²) in [5, 5.41) is 0. The van der Waals surface area contributed by atoms with Gasteiger partial charge in [-0.2, -0.15) is 0 Å². The molecule has 2 heterocycles. The fourth-order valence-corrected chi connectivity index (χ4v) is 4.44. The Morgan fingerprint density at radius 2 is 0.951 bits per heavy atom. The summed E-state index contributed by atoms with van der Waals surface area (Å²) in [7, 11) is 1.25. The average molecular weight is 593 g/mol. The normalized spacial score (nSPS) is 33.1. The number of esters is 6. The molecule has 0 amide bonds. The molecule has 0 saturated carbocycles. The second kappa shape index (κ2) is 15.0. The maximum atomic E-state index is 12.1. The van der Waals surface area contributed by atoms with E-state index in [1.807, 2.05) is 0 Å². The first-order valence-corrected chi connectivity index (χ1v) is 12.6. The molecule has 0 spiro atoms. The summed E-state index contributed by atoms with van der Waals surface area (Å²) in [6.07, 6.45) is -13.4. The van der Waals surface area contributed by atoms with Crippen molar-refractivity contribution < 1.29 is 76.1 Å². The molecule has 0 aromatic carbocycles. The van der Waals surface area contributed by atoms with Crippen LogP contribution in [0.1, 0.15) is 48.5 Å². The van der Waals surface area contributed by atoms with E-state index >= 15 is 0 Å². The second-order valence-corrected chi connectivity index (χ2v) is 9.26. The van der Waals surface area contributed by atoms with Crippen LogP contribution in [0.2, 0.25) is 0 Å². The molecule has 2 aliphatic rings. The fraction of sp³-hybridized carbons (Fsp3) is 0.760. The van der Waals surface area contributed by atoms with Crippen molar-refractivity contribution in [1.29, 1.82) is 0 Å². The molecule has 41 heavy (non-hydrogen) atoms. The number of methoxy groups -OCH3 is 1. The number of hydrogen-bond acceptors (Lipinski definition) is 16. The first-order valence-electron chi connectivity index (χ1n) is 12.6. The molecule has 0 bridgehead atoms. The highest BCUT2D eigenvalue weighted by molar-refractivity contribution is 5.69. The van der Waals surface area contributed by atoms with Gasteiger partial charge in [0, 0.05) is 48.7 Å². The predicted octanol–water partition coefficient (Wildman–Crippen LogP) is -0.291. The largest absolute Gasteiger partial charge is 0.463 e. The Bertz CT molecular complexity index is 981. The number of hydrogen-bond donors (Lipinski definition) is 0. The van der Waals surface area contributed by atoms with Crippen molar-refractivity contribution in [2.75, 3.05) is 13.7 Å². The van der Waals surface area contributed by atoms with Gasteiger partial charge in [-0.25, -0.2) is 0 Å². The van der Waals surface area contributed by atoms with Gasteiger partial charge in [0.15, 0.2) is 43.1 Å². The van der Waals surface area contributed by atoms with Gasteiger partial charge in [0.2, 0.25) is 0 Å². The number of ether oxygens (including phenoxy) is 10. The Morgan fingerprint density at radius 3 is 1.39 bits per heavy atom. The van der Waals surface area contributed by atoms with Crippen LogP contribution in [-0.4, -0.2) is 111 Å². The lowest BCUT2D eigenvalue weighted by Gasteiger charge is -2.48. The predicted molar refractivity (Wildman–Crippen MR) is 129 cm³/mol. The lowest BCUT2D eigenvalue weighted by Crippen LogP contribution is -2.66. The minimum Gasteiger partial charge on any atom is -0.463 e. The van der Waals surface area contributed by atoms with Crippen LogP contribution < -0.4 is 0 Å². The summed E-state index contributed by atoms with van der Waals surface area (Å²) in [6.45, 7) is 7.72. The molecular weight excluding hydrogens is 556 g/mol. The third-order valence-corrected chi connectivity index (χ3v) is 5.80. The van der Waals surface area contributed by atoms with Crippen LogP contribution in [0.15, 0.2) is 0 Å². The standard InChI is InChI=1S/C25H36O16/c1-10-18(35-12(3)27)20(36-13(4)28)23(39-16(7)31)25(34-10)41-19-17(9-33-11(2)26)40-24(32-8)22(38-15(6)30)21(19)37-14(5)29/h10,17-25H,9H2,1-8H3/t10-,17-,18+,19+,20+,21+,22-,23-,24+,25+/m1/s1. The third-order valence-electron chi connectivity index (χ3n) is 5.80. The van der Waals surface area contributed by atoms with E-state index < -0.39 is 104 Å². The monoisotopic (exact) mass is 592 g/mol. The molecule has 2 saturated heterocycles. The summed E-state index contributed by atoms with van der Waals surface area (Å²) >= 11 is 0. The van der Waals surface area contributed by atoms with Crippen molar-refractivity contribution in [2.24, 2.45) is 0 Å². The first kappa shape index (κ1) is 33.9. The molecule has 0 aromatic heterocycles. The number of carbonyl (C=O) groups excluding carboxylic acids is 6. The van der Waals surface area contributed by atoms with Crippen LogP contribution in [0.25, 0.3) is 0 Å². The van der Waals surface area contributed by atoms with E-state index in [4.69, 9.17) is 47.4 Å². The average Bonchev–Trinajstić information content (AvgIpc) is 2.83. The molecule has 0 radical (unpaired) electrons. The fourth-order valence-electron chi connectivity index (χ4n) is 4.44. The SMILES string of the molecule is CO[C@H]1O[C@H](COC(C)=O)[C@H](O[C@@H]2O[C@H](C)[C@H](OC(C)=O)[C@H](OC(C)=O)[C@H]2OC(C)=O)[C@H](OC(C)=O)[C@H]1OC(C)=O. The Labute approximate surface area is 236 Å². The summed E-state index contributed by atoms with van der Waals surface area (Å²) in [4.78, 5) is 71.6. The summed E-state index contributed by atoms with van der Waals surface area (Å²) < 4.78 is 55.3. The lowest BCUT2D eigenvalue weighted by molar-refractivity contribution is -0.356. The first-order chi connectivity index (χ1) is 19.1. The van der Waals surface area contributed by atoms with E-state index in [2.05, 4.69) is 0 Å². The van der Waals surface area contributed by atoms with Crippen LogP contribution in [0.5, 0.6) is 0 Å². The van der Waals surface area contributed by atoms with Crippen LogP contribution >= 0.6 is 0 Å². The topological polar surface area (TPSA) is 195 Å². The molecule has 2 aliphatic heterocycles. The zero-order valence-electron chi connectivity index (χ0n) is 24.0. The highest BCUT2D eigenvalue weighted by Crippen LogP contribution is 2.35. The van der Waals surface area contributed by atoms with Gasteiger partial charge in [-0.05, 0) is 6.92 Å². The highest BCUT2D eigenvalue weighted by atomic mass is 16.8. The van der Waals surface area contributed by atoms with Crippen LogP contribution in [0, 0.1) is 0 Å². The Kier molecular flexibility index (Phi) is 12.4. The summed E-state index contributed by atoms with van der Waals surface area (Å²) in [5.74, 6) is -4.59. The summed E-state index contributed by atoms with van der Waals surface area (Å²) in [5.41, 5.74) is 0. The van der Waals surface area contributed by atoms with Crippen molar-refractivity contribution in [1.82, 2.24) is 0 Å². The Morgan fingerprint density at radius 1 is 0.537 bits per heavy atom. The molecule has 0 N–H and O–H groups in total. The molecule has 10 atom stereocenters. The van der Waals surface area contributed by atoms with E-state index in [1.165, 1.54) is 14.0 Å². The van der Waals surface area contributed by atoms with Crippen molar-refractivity contribution in [2.45, 2.75) is 110 Å². The zero-order chi connectivity index (χ0) is 31.0. The van der Waals surface area contributed by atoms with Gasteiger partial charge in [0.1, 0.15) is 18.8 Å². The van der Waals surface area contributed by atoms with Gasteiger partial charge in [0.05, 0.1) is 6.10 Å². The van der Waals surface area contributed by atoms with E-state index in [9.17, 15) is 28.8 Å². The quantitative estimate of drug-likeness (QED) is 0.237. The highest BCUT2D eigenvalue weighted by Gasteiger charge is 2.56. The van der Waals surface area contributed by atoms with E-state index in [1.54, 1.807) is 0 Å². The Balaban J connectivity index is 2.59. The van der Waals surface area contributed by atoms with E-state index in [0.717, 1.165) is 41.5 Å². The molecule has 2 rings (SSSR count). The minimum absolute atomic E-state index is 0.436. The smallest absolute Gasteiger partial charge is 0.303 e. The Hall–Kier alpha value is -3.34. The van der Waals surface area contributed by atoms with Gasteiger partial charge in [-0.15, -0.1) is 0 Å². The third kappa shape index (κ3) is 9.62. The van der Waals surface area contributed by atoms with Crippen molar-refractivity contribution in [3.05, 3.63) is 0 Å². The number of rotatable bonds is 10. The molecule has 16 nitrogen and oxygen atoms in total. The second-order valence-electron chi connectivity index (χ2n) is 9.26. The van der Waals surface area contributed by atoms with Gasteiger partial charge in [0.25, 0.3) is 0 Å². The molecular formula is C25H36O16. The molecule has 16 heteroatoms. The van der Waals surface area contributed by atoms with Crippen molar-refractivity contribution >= 4 is 35.8 Å². The molecule has 0 unspecified atom stereocenters. The number of carbonyl (C=O) groups is 6. The lowest BCUT2D eigenvalue weighted by atomic mass is 9.96. The van der Waals surface area contributed by atoms with Crippen LogP contribution in [0.3, 0.4) is 0 Å². The molecule has 2 fully saturated rings. The zero-order valence-corrected chi connectivity index (χ0v) is 24.0. The minimum atomic E-state index is -1.56. The van der Waals surface area contributed by atoms with Crippen molar-refractivity contribution in [3.63, 3.8) is 0 Å². The van der Waals surface area contributed by atoms with Gasteiger partial charge in [-0.1, -0.05) is 0 Å². The van der Waals surface area contributed by atoms with Crippen LogP contribution in [0.4, 0.5) is 0 Å². The van der Waals surface area contributed by atoms with Gasteiger partial charge in [-0.3, -0.25) is 28.8 Å². The maximum absolute atomic E-state index is 12.1. The molecule has 0 aromatic rings. The van der Waals surface area contributed by atoms with Gasteiger partial charge < -0.3 is 47.4 Å². The van der Waals surface area contributed by atoms with Crippen LogP contribution in [-0.2, 0) is 76.1 Å². The molecule has 0 aliphatic carbocycles. The van der Waals surface area contributed by atoms with E-state index in [-0.39, 0.29) is 0 Å². The van der Waals surface area contributed by atoms with E-state index in [0.29, 0.717) is 0 Å². The van der Waals surface area contributed by atoms with Gasteiger partial charge >= 0.3 is 35.8 Å². The molecule has 232 valence electrons. The summed E-state index contributed by atoms with van der Waals surface area (Å²) in [6, 6.07) is 0. The van der Waals surface area contributed by atoms with Crippen molar-refractivity contribution in [3.8, 4) is 0 Å². The maximum Gasteiger partial charge on any atom is 0.303 e.